The van der Waals surface area contributed by atoms with Crippen LogP contribution in [0.5, 0.6) is 0 Å². The molecule has 0 bridgehead atoms. The van der Waals surface area contributed by atoms with Crippen molar-refractivity contribution in [1.29, 1.82) is 0 Å². The second kappa shape index (κ2) is 6.99. The minimum Gasteiger partial charge on any atom is -0.368 e. The van der Waals surface area contributed by atoms with Crippen LogP contribution >= 0.6 is 23.2 Å². The first kappa shape index (κ1) is 17.1. The molecule has 1 aromatic heterocycles. The van der Waals surface area contributed by atoms with Crippen molar-refractivity contribution in [2.75, 3.05) is 31.1 Å². The molecule has 24 heavy (non-hydrogen) atoms. The molecule has 2 heterocycles. The molecule has 1 aromatic carbocycles. The van der Waals surface area contributed by atoms with Gasteiger partial charge in [0.1, 0.15) is 10.8 Å². The van der Waals surface area contributed by atoms with Gasteiger partial charge in [0.05, 0.1) is 5.02 Å². The summed E-state index contributed by atoms with van der Waals surface area (Å²) in [5.41, 5.74) is 4.03. The molecule has 0 radical (unpaired) electrons. The Morgan fingerprint density at radius 1 is 1.04 bits per heavy atom. The van der Waals surface area contributed by atoms with Crippen molar-refractivity contribution in [3.05, 3.63) is 57.3 Å². The Bertz CT molecular complexity index is 771. The van der Waals surface area contributed by atoms with Crippen molar-refractivity contribution in [2.24, 2.45) is 0 Å². The number of halogens is 2. The average molecular weight is 364 g/mol. The number of aryl methyl sites for hydroxylation is 1. The molecule has 0 spiro atoms. The number of piperazine rings is 1. The summed E-state index contributed by atoms with van der Waals surface area (Å²) < 4.78 is 0. The topological polar surface area (TPSA) is 36.4 Å². The lowest BCUT2D eigenvalue weighted by Crippen LogP contribution is -2.49. The Labute approximate surface area is 152 Å². The van der Waals surface area contributed by atoms with Gasteiger partial charge in [0.25, 0.3) is 5.91 Å². The second-order valence-corrected chi connectivity index (χ2v) is 6.76. The molecule has 0 saturated carbocycles. The minimum atomic E-state index is -0.164. The third-order valence-corrected chi connectivity index (χ3v) is 5.01. The van der Waals surface area contributed by atoms with Crippen LogP contribution in [0.1, 0.15) is 21.6 Å². The van der Waals surface area contributed by atoms with E-state index >= 15 is 0 Å². The predicted molar refractivity (Wildman–Crippen MR) is 98.3 cm³/mol. The number of amides is 1. The van der Waals surface area contributed by atoms with E-state index in [4.69, 9.17) is 23.2 Å². The zero-order valence-electron chi connectivity index (χ0n) is 13.7. The van der Waals surface area contributed by atoms with Gasteiger partial charge in [-0.25, -0.2) is 4.98 Å². The first-order valence-electron chi connectivity index (χ1n) is 7.90. The molecular formula is C18H19Cl2N3O. The lowest BCUT2D eigenvalue weighted by molar-refractivity contribution is 0.0741. The van der Waals surface area contributed by atoms with Gasteiger partial charge in [0.2, 0.25) is 0 Å². The molecule has 1 aliphatic rings. The molecule has 126 valence electrons. The van der Waals surface area contributed by atoms with Gasteiger partial charge >= 0.3 is 0 Å². The van der Waals surface area contributed by atoms with Gasteiger partial charge in [-0.2, -0.15) is 0 Å². The summed E-state index contributed by atoms with van der Waals surface area (Å²) in [5.74, 6) is -0.164. The predicted octanol–water partition coefficient (Wildman–Crippen LogP) is 3.97. The van der Waals surface area contributed by atoms with E-state index < -0.39 is 0 Å². The highest BCUT2D eigenvalue weighted by molar-refractivity contribution is 6.34. The number of carbonyl (C=O) groups is 1. The number of aromatic nitrogens is 1. The molecule has 0 aliphatic carbocycles. The zero-order chi connectivity index (χ0) is 17.3. The van der Waals surface area contributed by atoms with Crippen molar-refractivity contribution in [2.45, 2.75) is 13.8 Å². The van der Waals surface area contributed by atoms with Gasteiger partial charge in [0, 0.05) is 31.9 Å². The third kappa shape index (κ3) is 3.35. The van der Waals surface area contributed by atoms with Crippen LogP contribution in [0.4, 0.5) is 5.69 Å². The number of rotatable bonds is 2. The highest BCUT2D eigenvalue weighted by atomic mass is 35.5. The molecule has 0 atom stereocenters. The smallest absolute Gasteiger partial charge is 0.274 e. The normalized spacial score (nSPS) is 14.8. The van der Waals surface area contributed by atoms with Gasteiger partial charge in [-0.15, -0.1) is 0 Å². The molecule has 6 heteroatoms. The van der Waals surface area contributed by atoms with E-state index in [0.29, 0.717) is 18.1 Å². The number of hydrogen-bond acceptors (Lipinski definition) is 3. The summed E-state index contributed by atoms with van der Waals surface area (Å²) in [6.45, 7) is 7.10. The summed E-state index contributed by atoms with van der Waals surface area (Å²) in [4.78, 5) is 20.8. The maximum absolute atomic E-state index is 12.6. The number of pyridine rings is 1. The average Bonchev–Trinajstić information content (AvgIpc) is 2.59. The van der Waals surface area contributed by atoms with E-state index in [2.05, 4.69) is 41.9 Å². The number of benzene rings is 1. The van der Waals surface area contributed by atoms with Crippen molar-refractivity contribution in [3.63, 3.8) is 0 Å². The van der Waals surface area contributed by atoms with E-state index in [0.717, 1.165) is 13.1 Å². The van der Waals surface area contributed by atoms with Crippen LogP contribution in [0.3, 0.4) is 0 Å². The molecule has 2 aromatic rings. The summed E-state index contributed by atoms with van der Waals surface area (Å²) in [6.07, 6.45) is 0. The van der Waals surface area contributed by atoms with Crippen molar-refractivity contribution >= 4 is 34.8 Å². The van der Waals surface area contributed by atoms with E-state index in [1.807, 2.05) is 0 Å². The van der Waals surface area contributed by atoms with Crippen molar-refractivity contribution in [3.8, 4) is 0 Å². The minimum absolute atomic E-state index is 0.164. The van der Waals surface area contributed by atoms with E-state index in [1.54, 1.807) is 17.0 Å². The fourth-order valence-electron chi connectivity index (χ4n) is 2.95. The molecule has 1 fully saturated rings. The standard InChI is InChI=1S/C18H19Cl2N3O/c1-12-4-3-5-15(13(12)2)22-8-10-23(11-9-22)18(24)17-14(19)6-7-16(20)21-17/h3-7H,8-11H2,1-2H3. The third-order valence-electron chi connectivity index (χ3n) is 4.50. The van der Waals surface area contributed by atoms with Crippen LogP contribution in [-0.4, -0.2) is 42.0 Å². The summed E-state index contributed by atoms with van der Waals surface area (Å²) >= 11 is 12.0. The maximum atomic E-state index is 12.6. The molecular weight excluding hydrogens is 345 g/mol. The summed E-state index contributed by atoms with van der Waals surface area (Å²) in [7, 11) is 0. The summed E-state index contributed by atoms with van der Waals surface area (Å²) in [5, 5.41) is 0.609. The van der Waals surface area contributed by atoms with E-state index in [-0.39, 0.29) is 16.8 Å². The van der Waals surface area contributed by atoms with Gasteiger partial charge in [-0.3, -0.25) is 4.79 Å². The first-order chi connectivity index (χ1) is 11.5. The lowest BCUT2D eigenvalue weighted by atomic mass is 10.1. The quantitative estimate of drug-likeness (QED) is 0.757. The largest absolute Gasteiger partial charge is 0.368 e. The highest BCUT2D eigenvalue weighted by Crippen LogP contribution is 2.25. The number of hydrogen-bond donors (Lipinski definition) is 0. The van der Waals surface area contributed by atoms with Crippen LogP contribution in [0.25, 0.3) is 0 Å². The fraction of sp³-hybridized carbons (Fsp3) is 0.333. The Morgan fingerprint density at radius 3 is 2.46 bits per heavy atom. The van der Waals surface area contributed by atoms with E-state index in [9.17, 15) is 4.79 Å². The Balaban J connectivity index is 1.72. The highest BCUT2D eigenvalue weighted by Gasteiger charge is 2.25. The SMILES string of the molecule is Cc1cccc(N2CCN(C(=O)c3nc(Cl)ccc3Cl)CC2)c1C. The van der Waals surface area contributed by atoms with Crippen molar-refractivity contribution < 1.29 is 4.79 Å². The van der Waals surface area contributed by atoms with Crippen LogP contribution < -0.4 is 4.90 Å². The van der Waals surface area contributed by atoms with Gasteiger partial charge < -0.3 is 9.80 Å². The van der Waals surface area contributed by atoms with Crippen LogP contribution in [0.15, 0.2) is 30.3 Å². The maximum Gasteiger partial charge on any atom is 0.274 e. The zero-order valence-corrected chi connectivity index (χ0v) is 15.2. The molecule has 4 nitrogen and oxygen atoms in total. The second-order valence-electron chi connectivity index (χ2n) is 5.96. The molecule has 1 aliphatic heterocycles. The first-order valence-corrected chi connectivity index (χ1v) is 8.65. The molecule has 0 N–H and O–H groups in total. The molecule has 1 amide bonds. The Hall–Kier alpha value is -1.78. The number of anilines is 1. The number of carbonyl (C=O) groups excluding carboxylic acids is 1. The monoisotopic (exact) mass is 363 g/mol. The van der Waals surface area contributed by atoms with Gasteiger partial charge in [0.15, 0.2) is 0 Å². The molecule has 0 unspecified atom stereocenters. The molecule has 3 rings (SSSR count). The van der Waals surface area contributed by atoms with Crippen LogP contribution in [0.2, 0.25) is 10.2 Å². The lowest BCUT2D eigenvalue weighted by Gasteiger charge is -2.37. The van der Waals surface area contributed by atoms with Crippen LogP contribution in [-0.2, 0) is 0 Å². The Kier molecular flexibility index (Phi) is 4.97. The van der Waals surface area contributed by atoms with Crippen molar-refractivity contribution in [1.82, 2.24) is 9.88 Å². The van der Waals surface area contributed by atoms with E-state index in [1.165, 1.54) is 16.8 Å². The van der Waals surface area contributed by atoms with Gasteiger partial charge in [-0.05, 0) is 43.2 Å². The van der Waals surface area contributed by atoms with Gasteiger partial charge in [-0.1, -0.05) is 35.3 Å². The summed E-state index contributed by atoms with van der Waals surface area (Å²) in [6, 6.07) is 9.51. The fourth-order valence-corrected chi connectivity index (χ4v) is 3.28. The molecule has 1 saturated heterocycles. The van der Waals surface area contributed by atoms with Crippen LogP contribution in [0, 0.1) is 13.8 Å². The number of nitrogens with zero attached hydrogens (tertiary/aromatic N) is 3. The Morgan fingerprint density at radius 2 is 1.75 bits per heavy atom.